The molecule has 2 aromatic rings. The smallest absolute Gasteiger partial charge is 0.133 e. The standard InChI is InChI=1S/C17H19Br2NO/c1-3-10-20-17(13-6-4-5-7-14(13)18)12-8-9-16(21-2)15(19)11-12/h4-9,11,17,20H,3,10H2,1-2H3. The fourth-order valence-electron chi connectivity index (χ4n) is 2.27. The Labute approximate surface area is 143 Å². The third-order valence-electron chi connectivity index (χ3n) is 3.32. The number of ether oxygens (including phenoxy) is 1. The van der Waals surface area contributed by atoms with Gasteiger partial charge < -0.3 is 10.1 Å². The maximum absolute atomic E-state index is 5.31. The van der Waals surface area contributed by atoms with Crippen LogP contribution in [0.25, 0.3) is 0 Å². The van der Waals surface area contributed by atoms with Gasteiger partial charge in [0.15, 0.2) is 0 Å². The minimum atomic E-state index is 0.155. The zero-order chi connectivity index (χ0) is 15.2. The van der Waals surface area contributed by atoms with Crippen LogP contribution in [0, 0.1) is 0 Å². The van der Waals surface area contributed by atoms with Crippen molar-refractivity contribution in [3.63, 3.8) is 0 Å². The molecule has 0 aliphatic heterocycles. The lowest BCUT2D eigenvalue weighted by Gasteiger charge is -2.21. The molecule has 0 fully saturated rings. The van der Waals surface area contributed by atoms with E-state index < -0.39 is 0 Å². The molecule has 0 aliphatic rings. The molecule has 1 N–H and O–H groups in total. The average molecular weight is 413 g/mol. The van der Waals surface area contributed by atoms with Crippen molar-refractivity contribution in [2.24, 2.45) is 0 Å². The molecule has 112 valence electrons. The van der Waals surface area contributed by atoms with Crippen LogP contribution in [0.15, 0.2) is 51.4 Å². The summed E-state index contributed by atoms with van der Waals surface area (Å²) in [5.74, 6) is 0.847. The van der Waals surface area contributed by atoms with Crippen LogP contribution in [0.1, 0.15) is 30.5 Å². The molecule has 0 spiro atoms. The summed E-state index contributed by atoms with van der Waals surface area (Å²) < 4.78 is 7.40. The molecule has 21 heavy (non-hydrogen) atoms. The van der Waals surface area contributed by atoms with Gasteiger partial charge in [-0.25, -0.2) is 0 Å². The molecule has 0 heterocycles. The topological polar surface area (TPSA) is 21.3 Å². The molecule has 1 atom stereocenters. The van der Waals surface area contributed by atoms with E-state index in [4.69, 9.17) is 4.74 Å². The SMILES string of the molecule is CCCNC(c1ccc(OC)c(Br)c1)c1ccccc1Br. The van der Waals surface area contributed by atoms with Crippen molar-refractivity contribution in [2.45, 2.75) is 19.4 Å². The van der Waals surface area contributed by atoms with Gasteiger partial charge in [0, 0.05) is 4.47 Å². The van der Waals surface area contributed by atoms with Gasteiger partial charge in [0.25, 0.3) is 0 Å². The molecular formula is C17H19Br2NO. The van der Waals surface area contributed by atoms with Crippen molar-refractivity contribution in [3.05, 3.63) is 62.5 Å². The van der Waals surface area contributed by atoms with E-state index in [9.17, 15) is 0 Å². The maximum atomic E-state index is 5.31. The van der Waals surface area contributed by atoms with E-state index in [1.165, 1.54) is 11.1 Å². The Morgan fingerprint density at radius 2 is 1.86 bits per heavy atom. The molecule has 2 rings (SSSR count). The zero-order valence-electron chi connectivity index (χ0n) is 12.2. The number of rotatable bonds is 6. The third-order valence-corrected chi connectivity index (χ3v) is 4.67. The van der Waals surface area contributed by atoms with E-state index in [0.29, 0.717) is 0 Å². The van der Waals surface area contributed by atoms with Crippen LogP contribution in [-0.2, 0) is 0 Å². The van der Waals surface area contributed by atoms with Crippen LogP contribution in [-0.4, -0.2) is 13.7 Å². The Morgan fingerprint density at radius 3 is 2.48 bits per heavy atom. The first kappa shape index (κ1) is 16.5. The predicted molar refractivity (Wildman–Crippen MR) is 95.0 cm³/mol. The number of hydrogen-bond acceptors (Lipinski definition) is 2. The molecule has 0 amide bonds. The van der Waals surface area contributed by atoms with Crippen molar-refractivity contribution in [3.8, 4) is 5.75 Å². The lowest BCUT2D eigenvalue weighted by molar-refractivity contribution is 0.411. The Balaban J connectivity index is 2.40. The highest BCUT2D eigenvalue weighted by Crippen LogP contribution is 2.33. The van der Waals surface area contributed by atoms with Gasteiger partial charge in [-0.3, -0.25) is 0 Å². The lowest BCUT2D eigenvalue weighted by Crippen LogP contribution is -2.23. The zero-order valence-corrected chi connectivity index (χ0v) is 15.4. The molecule has 0 aromatic heterocycles. The quantitative estimate of drug-likeness (QED) is 0.694. The van der Waals surface area contributed by atoms with Gasteiger partial charge >= 0.3 is 0 Å². The van der Waals surface area contributed by atoms with Crippen LogP contribution in [0.5, 0.6) is 5.75 Å². The van der Waals surface area contributed by atoms with Crippen LogP contribution >= 0.6 is 31.9 Å². The van der Waals surface area contributed by atoms with E-state index in [-0.39, 0.29) is 6.04 Å². The highest BCUT2D eigenvalue weighted by molar-refractivity contribution is 9.10. The van der Waals surface area contributed by atoms with E-state index in [1.807, 2.05) is 12.1 Å². The van der Waals surface area contributed by atoms with Crippen molar-refractivity contribution < 1.29 is 4.74 Å². The normalized spacial score (nSPS) is 12.2. The average Bonchev–Trinajstić information content (AvgIpc) is 2.49. The van der Waals surface area contributed by atoms with Gasteiger partial charge in [-0.2, -0.15) is 0 Å². The fraction of sp³-hybridized carbons (Fsp3) is 0.294. The highest BCUT2D eigenvalue weighted by atomic mass is 79.9. The monoisotopic (exact) mass is 411 g/mol. The van der Waals surface area contributed by atoms with Gasteiger partial charge in [-0.05, 0) is 58.2 Å². The van der Waals surface area contributed by atoms with Gasteiger partial charge in [0.05, 0.1) is 17.6 Å². The first-order valence-corrected chi connectivity index (χ1v) is 8.57. The number of methoxy groups -OCH3 is 1. The first-order chi connectivity index (χ1) is 10.2. The molecule has 0 radical (unpaired) electrons. The van der Waals surface area contributed by atoms with E-state index >= 15 is 0 Å². The van der Waals surface area contributed by atoms with Crippen molar-refractivity contribution in [1.82, 2.24) is 5.32 Å². The summed E-state index contributed by atoms with van der Waals surface area (Å²) in [4.78, 5) is 0. The van der Waals surface area contributed by atoms with Crippen LogP contribution in [0.2, 0.25) is 0 Å². The minimum Gasteiger partial charge on any atom is -0.496 e. The van der Waals surface area contributed by atoms with Crippen LogP contribution in [0.4, 0.5) is 0 Å². The summed E-state index contributed by atoms with van der Waals surface area (Å²) in [6, 6.07) is 14.7. The second-order valence-electron chi connectivity index (χ2n) is 4.80. The van der Waals surface area contributed by atoms with Crippen LogP contribution in [0.3, 0.4) is 0 Å². The molecule has 4 heteroatoms. The van der Waals surface area contributed by atoms with Crippen molar-refractivity contribution in [1.29, 1.82) is 0 Å². The molecular weight excluding hydrogens is 394 g/mol. The highest BCUT2D eigenvalue weighted by Gasteiger charge is 2.17. The van der Waals surface area contributed by atoms with E-state index in [1.54, 1.807) is 7.11 Å². The first-order valence-electron chi connectivity index (χ1n) is 6.98. The van der Waals surface area contributed by atoms with Crippen molar-refractivity contribution >= 4 is 31.9 Å². The second-order valence-corrected chi connectivity index (χ2v) is 6.51. The Kier molecular flexibility index (Phi) is 6.27. The fourth-order valence-corrected chi connectivity index (χ4v) is 3.34. The summed E-state index contributed by atoms with van der Waals surface area (Å²) in [5, 5.41) is 3.62. The summed E-state index contributed by atoms with van der Waals surface area (Å²) in [7, 11) is 1.68. The second kappa shape index (κ2) is 7.97. The van der Waals surface area contributed by atoms with Gasteiger partial charge in [0.1, 0.15) is 5.75 Å². The largest absolute Gasteiger partial charge is 0.496 e. The van der Waals surface area contributed by atoms with Gasteiger partial charge in [0.2, 0.25) is 0 Å². The van der Waals surface area contributed by atoms with E-state index in [0.717, 1.165) is 27.7 Å². The van der Waals surface area contributed by atoms with Gasteiger partial charge in [-0.1, -0.05) is 47.1 Å². The third kappa shape index (κ3) is 4.09. The molecule has 2 nitrogen and oxygen atoms in total. The molecule has 0 bridgehead atoms. The minimum absolute atomic E-state index is 0.155. The predicted octanol–water partition coefficient (Wildman–Crippen LogP) is 5.31. The lowest BCUT2D eigenvalue weighted by atomic mass is 9.98. The maximum Gasteiger partial charge on any atom is 0.133 e. The molecule has 2 aromatic carbocycles. The Morgan fingerprint density at radius 1 is 1.10 bits per heavy atom. The summed E-state index contributed by atoms with van der Waals surface area (Å²) >= 11 is 7.23. The molecule has 0 aliphatic carbocycles. The molecule has 0 saturated carbocycles. The van der Waals surface area contributed by atoms with E-state index in [2.05, 4.69) is 74.4 Å². The number of halogens is 2. The number of hydrogen-bond donors (Lipinski definition) is 1. The molecule has 1 unspecified atom stereocenters. The Hall–Kier alpha value is -0.840. The van der Waals surface area contributed by atoms with Crippen molar-refractivity contribution in [2.75, 3.05) is 13.7 Å². The van der Waals surface area contributed by atoms with Gasteiger partial charge in [-0.15, -0.1) is 0 Å². The van der Waals surface area contributed by atoms with Crippen LogP contribution < -0.4 is 10.1 Å². The summed E-state index contributed by atoms with van der Waals surface area (Å²) in [6.45, 7) is 3.14. The summed E-state index contributed by atoms with van der Waals surface area (Å²) in [5.41, 5.74) is 2.45. The number of nitrogens with one attached hydrogen (secondary N) is 1. The summed E-state index contributed by atoms with van der Waals surface area (Å²) in [6.07, 6.45) is 1.10. The number of benzene rings is 2. The molecule has 0 saturated heterocycles. The Bertz CT molecular complexity index is 601.